The molecule has 1 aromatic carbocycles. The summed E-state index contributed by atoms with van der Waals surface area (Å²) in [5.74, 6) is 0.297. The molecule has 0 spiro atoms. The molecule has 1 aromatic rings. The molecule has 6 nitrogen and oxygen atoms in total. The lowest BCUT2D eigenvalue weighted by Gasteiger charge is -2.35. The van der Waals surface area contributed by atoms with Crippen molar-refractivity contribution < 1.29 is 14.3 Å². The molecule has 2 amide bonds. The van der Waals surface area contributed by atoms with Gasteiger partial charge in [0.2, 0.25) is 11.8 Å². The summed E-state index contributed by atoms with van der Waals surface area (Å²) >= 11 is 6.07. The van der Waals surface area contributed by atoms with Crippen molar-refractivity contribution in [3.8, 4) is 5.75 Å². The minimum atomic E-state index is -0.302. The van der Waals surface area contributed by atoms with Crippen LogP contribution in [0.2, 0.25) is 5.02 Å². The quantitative estimate of drug-likeness (QED) is 0.817. The maximum absolute atomic E-state index is 12.8. The monoisotopic (exact) mass is 365 g/mol. The number of carbonyl (C=O) groups excluding carboxylic acids is 2. The summed E-state index contributed by atoms with van der Waals surface area (Å²) in [6.07, 6.45) is 0.239. The lowest BCUT2D eigenvalue weighted by Crippen LogP contribution is -2.50. The van der Waals surface area contributed by atoms with E-state index in [4.69, 9.17) is 16.3 Å². The molecule has 0 radical (unpaired) electrons. The normalized spacial score (nSPS) is 21.7. The van der Waals surface area contributed by atoms with Crippen molar-refractivity contribution in [2.75, 3.05) is 51.3 Å². The Bertz CT molecular complexity index is 659. The molecule has 0 N–H and O–H groups in total. The summed E-state index contributed by atoms with van der Waals surface area (Å²) in [7, 11) is 1.56. The van der Waals surface area contributed by atoms with Gasteiger partial charge in [-0.3, -0.25) is 9.59 Å². The number of anilines is 1. The van der Waals surface area contributed by atoms with E-state index in [2.05, 4.69) is 11.8 Å². The SMILES string of the molecule is CCN1CCN(C(=O)C2CC(=O)N(c3cc(Cl)ccc3OC)C2)CC1. The topological polar surface area (TPSA) is 53.1 Å². The van der Waals surface area contributed by atoms with Gasteiger partial charge in [-0.05, 0) is 24.7 Å². The Morgan fingerprint density at radius 3 is 2.64 bits per heavy atom. The largest absolute Gasteiger partial charge is 0.495 e. The highest BCUT2D eigenvalue weighted by Crippen LogP contribution is 2.35. The number of piperazine rings is 1. The Morgan fingerprint density at radius 1 is 1.28 bits per heavy atom. The van der Waals surface area contributed by atoms with Crippen molar-refractivity contribution in [2.24, 2.45) is 5.92 Å². The summed E-state index contributed by atoms with van der Waals surface area (Å²) in [5, 5.41) is 0.536. The molecule has 2 aliphatic rings. The Balaban J connectivity index is 1.70. The number of benzene rings is 1. The van der Waals surface area contributed by atoms with E-state index < -0.39 is 0 Å². The first-order valence-corrected chi connectivity index (χ1v) is 9.06. The second-order valence-corrected chi connectivity index (χ2v) is 6.92. The van der Waals surface area contributed by atoms with Gasteiger partial charge in [0.05, 0.1) is 18.7 Å². The number of rotatable bonds is 4. The van der Waals surface area contributed by atoms with Crippen LogP contribution in [-0.2, 0) is 9.59 Å². The minimum absolute atomic E-state index is 0.0638. The van der Waals surface area contributed by atoms with Gasteiger partial charge in [-0.25, -0.2) is 0 Å². The van der Waals surface area contributed by atoms with Gasteiger partial charge in [-0.2, -0.15) is 0 Å². The second kappa shape index (κ2) is 7.62. The number of ether oxygens (including phenoxy) is 1. The number of hydrogen-bond acceptors (Lipinski definition) is 4. The molecule has 3 rings (SSSR count). The van der Waals surface area contributed by atoms with Crippen LogP contribution in [0.1, 0.15) is 13.3 Å². The number of nitrogens with zero attached hydrogens (tertiary/aromatic N) is 3. The molecule has 2 aliphatic heterocycles. The summed E-state index contributed by atoms with van der Waals surface area (Å²) in [6.45, 7) is 6.77. The highest BCUT2D eigenvalue weighted by atomic mass is 35.5. The zero-order valence-electron chi connectivity index (χ0n) is 14.7. The van der Waals surface area contributed by atoms with Gasteiger partial charge in [0.15, 0.2) is 0 Å². The van der Waals surface area contributed by atoms with E-state index in [1.165, 1.54) is 0 Å². The Morgan fingerprint density at radius 2 is 2.00 bits per heavy atom. The van der Waals surface area contributed by atoms with Crippen molar-refractivity contribution >= 4 is 29.1 Å². The van der Waals surface area contributed by atoms with Crippen LogP contribution in [0.25, 0.3) is 0 Å². The smallest absolute Gasteiger partial charge is 0.228 e. The first kappa shape index (κ1) is 18.0. The fourth-order valence-corrected chi connectivity index (χ4v) is 3.69. The van der Waals surface area contributed by atoms with Crippen molar-refractivity contribution in [3.63, 3.8) is 0 Å². The molecule has 1 atom stereocenters. The molecular formula is C18H24ClN3O3. The molecule has 0 aliphatic carbocycles. The van der Waals surface area contributed by atoms with Gasteiger partial charge in [-0.1, -0.05) is 18.5 Å². The standard InChI is InChI=1S/C18H24ClN3O3/c1-3-20-6-8-21(9-7-20)18(24)13-10-17(23)22(12-13)15-11-14(19)4-5-16(15)25-2/h4-5,11,13H,3,6-10,12H2,1-2H3. The molecule has 2 saturated heterocycles. The number of likely N-dealkylation sites (N-methyl/N-ethyl adjacent to an activating group) is 1. The zero-order chi connectivity index (χ0) is 18.0. The Kier molecular flexibility index (Phi) is 5.49. The summed E-state index contributed by atoms with van der Waals surface area (Å²) in [5.41, 5.74) is 0.631. The maximum Gasteiger partial charge on any atom is 0.228 e. The van der Waals surface area contributed by atoms with Crippen LogP contribution in [0.3, 0.4) is 0 Å². The Hall–Kier alpha value is -1.79. The molecular weight excluding hydrogens is 342 g/mol. The van der Waals surface area contributed by atoms with Crippen LogP contribution in [0.4, 0.5) is 5.69 Å². The molecule has 25 heavy (non-hydrogen) atoms. The lowest BCUT2D eigenvalue weighted by atomic mass is 10.1. The van der Waals surface area contributed by atoms with Gasteiger partial charge in [-0.15, -0.1) is 0 Å². The van der Waals surface area contributed by atoms with Gasteiger partial charge in [0.25, 0.3) is 0 Å². The van der Waals surface area contributed by atoms with E-state index in [0.717, 1.165) is 32.7 Å². The molecule has 1 unspecified atom stereocenters. The first-order valence-electron chi connectivity index (χ1n) is 8.68. The van der Waals surface area contributed by atoms with E-state index in [9.17, 15) is 9.59 Å². The summed E-state index contributed by atoms with van der Waals surface area (Å²) in [4.78, 5) is 31.1. The third-order valence-corrected chi connectivity index (χ3v) is 5.27. The van der Waals surface area contributed by atoms with E-state index in [-0.39, 0.29) is 24.2 Å². The number of carbonyl (C=O) groups is 2. The van der Waals surface area contributed by atoms with Crippen LogP contribution in [0, 0.1) is 5.92 Å². The van der Waals surface area contributed by atoms with Crippen LogP contribution in [-0.4, -0.2) is 68.0 Å². The summed E-state index contributed by atoms with van der Waals surface area (Å²) < 4.78 is 5.34. The highest BCUT2D eigenvalue weighted by molar-refractivity contribution is 6.31. The fourth-order valence-electron chi connectivity index (χ4n) is 3.52. The van der Waals surface area contributed by atoms with Crippen LogP contribution >= 0.6 is 11.6 Å². The van der Waals surface area contributed by atoms with Crippen molar-refractivity contribution in [2.45, 2.75) is 13.3 Å². The Labute approximate surface area is 153 Å². The first-order chi connectivity index (χ1) is 12.0. The molecule has 2 fully saturated rings. The third kappa shape index (κ3) is 3.75. The molecule has 0 aromatic heterocycles. The zero-order valence-corrected chi connectivity index (χ0v) is 15.5. The molecule has 0 saturated carbocycles. The number of amides is 2. The van der Waals surface area contributed by atoms with Gasteiger partial charge < -0.3 is 19.4 Å². The van der Waals surface area contributed by atoms with E-state index in [1.54, 1.807) is 30.2 Å². The highest BCUT2D eigenvalue weighted by Gasteiger charge is 2.38. The average molecular weight is 366 g/mol. The minimum Gasteiger partial charge on any atom is -0.495 e. The van der Waals surface area contributed by atoms with Crippen molar-refractivity contribution in [1.29, 1.82) is 0 Å². The predicted molar refractivity (Wildman–Crippen MR) is 97.2 cm³/mol. The molecule has 136 valence electrons. The van der Waals surface area contributed by atoms with Gasteiger partial charge >= 0.3 is 0 Å². The number of hydrogen-bond donors (Lipinski definition) is 0. The maximum atomic E-state index is 12.8. The fraction of sp³-hybridized carbons (Fsp3) is 0.556. The van der Waals surface area contributed by atoms with E-state index in [1.807, 2.05) is 4.90 Å². The van der Waals surface area contributed by atoms with Crippen LogP contribution in [0.5, 0.6) is 5.75 Å². The summed E-state index contributed by atoms with van der Waals surface area (Å²) in [6, 6.07) is 5.18. The predicted octanol–water partition coefficient (Wildman–Crippen LogP) is 1.87. The second-order valence-electron chi connectivity index (χ2n) is 6.48. The van der Waals surface area contributed by atoms with E-state index >= 15 is 0 Å². The molecule has 2 heterocycles. The van der Waals surface area contributed by atoms with Gasteiger partial charge in [0, 0.05) is 44.2 Å². The third-order valence-electron chi connectivity index (χ3n) is 5.04. The average Bonchev–Trinajstić information content (AvgIpc) is 3.02. The van der Waals surface area contributed by atoms with Gasteiger partial charge in [0.1, 0.15) is 5.75 Å². The number of methoxy groups -OCH3 is 1. The molecule has 0 bridgehead atoms. The van der Waals surface area contributed by atoms with Crippen LogP contribution < -0.4 is 9.64 Å². The van der Waals surface area contributed by atoms with Crippen molar-refractivity contribution in [3.05, 3.63) is 23.2 Å². The molecule has 7 heteroatoms. The number of halogens is 1. The van der Waals surface area contributed by atoms with Crippen molar-refractivity contribution in [1.82, 2.24) is 9.80 Å². The van der Waals surface area contributed by atoms with Crippen LogP contribution in [0.15, 0.2) is 18.2 Å². The van der Waals surface area contributed by atoms with E-state index in [0.29, 0.717) is 23.0 Å². The lowest BCUT2D eigenvalue weighted by molar-refractivity contribution is -0.137.